The molecule has 1 aliphatic heterocycles. The van der Waals surface area contributed by atoms with Gasteiger partial charge in [-0.05, 0) is 30.5 Å². The fourth-order valence-corrected chi connectivity index (χ4v) is 3.07. The SMILES string of the molecule is CC(O)(CNC(=O)C1=Cc2ccccc2OC1)c1cccs1. The fourth-order valence-electron chi connectivity index (χ4n) is 2.29. The van der Waals surface area contributed by atoms with Crippen LogP contribution in [0.1, 0.15) is 17.4 Å². The Kier molecular flexibility index (Phi) is 4.00. The van der Waals surface area contributed by atoms with E-state index < -0.39 is 5.60 Å². The number of carbonyl (C=O) groups is 1. The summed E-state index contributed by atoms with van der Waals surface area (Å²) in [5.41, 5.74) is 0.377. The van der Waals surface area contributed by atoms with Crippen molar-refractivity contribution in [3.63, 3.8) is 0 Å². The number of aliphatic hydroxyl groups is 1. The highest BCUT2D eigenvalue weighted by Gasteiger charge is 2.26. The van der Waals surface area contributed by atoms with Crippen molar-refractivity contribution < 1.29 is 14.6 Å². The van der Waals surface area contributed by atoms with Gasteiger partial charge < -0.3 is 15.2 Å². The van der Waals surface area contributed by atoms with Gasteiger partial charge in [0.2, 0.25) is 0 Å². The number of thiophene rings is 1. The number of rotatable bonds is 4. The Labute approximate surface area is 133 Å². The van der Waals surface area contributed by atoms with Crippen molar-refractivity contribution in [3.8, 4) is 5.75 Å². The second-order valence-corrected chi connectivity index (χ2v) is 6.38. The molecule has 114 valence electrons. The molecule has 2 N–H and O–H groups in total. The molecule has 0 aliphatic carbocycles. The van der Waals surface area contributed by atoms with Crippen LogP contribution < -0.4 is 10.1 Å². The Morgan fingerprint density at radius 1 is 1.36 bits per heavy atom. The van der Waals surface area contributed by atoms with Crippen LogP contribution in [-0.4, -0.2) is 24.2 Å². The molecular formula is C17H17NO3S. The third kappa shape index (κ3) is 3.05. The lowest BCUT2D eigenvalue weighted by molar-refractivity contribution is -0.118. The van der Waals surface area contributed by atoms with E-state index in [1.807, 2.05) is 47.9 Å². The van der Waals surface area contributed by atoms with Gasteiger partial charge in [-0.1, -0.05) is 24.3 Å². The molecule has 0 spiro atoms. The van der Waals surface area contributed by atoms with Gasteiger partial charge in [0, 0.05) is 10.4 Å². The highest BCUT2D eigenvalue weighted by atomic mass is 32.1. The van der Waals surface area contributed by atoms with Crippen molar-refractivity contribution in [3.05, 3.63) is 57.8 Å². The van der Waals surface area contributed by atoms with E-state index in [9.17, 15) is 9.90 Å². The van der Waals surface area contributed by atoms with Gasteiger partial charge in [-0.25, -0.2) is 0 Å². The second kappa shape index (κ2) is 5.94. The Bertz CT molecular complexity index is 704. The number of ether oxygens (including phenoxy) is 1. The predicted molar refractivity (Wildman–Crippen MR) is 86.8 cm³/mol. The number of carbonyl (C=O) groups excluding carboxylic acids is 1. The Hall–Kier alpha value is -2.11. The number of hydrogen-bond acceptors (Lipinski definition) is 4. The summed E-state index contributed by atoms with van der Waals surface area (Å²) < 4.78 is 5.57. The van der Waals surface area contributed by atoms with Crippen molar-refractivity contribution in [2.24, 2.45) is 0 Å². The minimum absolute atomic E-state index is 0.158. The van der Waals surface area contributed by atoms with E-state index in [1.54, 1.807) is 6.92 Å². The first-order chi connectivity index (χ1) is 10.6. The first-order valence-corrected chi connectivity index (χ1v) is 7.91. The summed E-state index contributed by atoms with van der Waals surface area (Å²) in [4.78, 5) is 13.1. The molecule has 2 heterocycles. The van der Waals surface area contributed by atoms with Gasteiger partial charge in [0.25, 0.3) is 5.91 Å². The molecule has 0 bridgehead atoms. The molecule has 1 aliphatic rings. The maximum absolute atomic E-state index is 12.3. The van der Waals surface area contributed by atoms with Crippen molar-refractivity contribution in [1.29, 1.82) is 0 Å². The van der Waals surface area contributed by atoms with E-state index in [-0.39, 0.29) is 19.1 Å². The zero-order valence-corrected chi connectivity index (χ0v) is 13.0. The number of para-hydroxylation sites is 1. The second-order valence-electron chi connectivity index (χ2n) is 5.43. The number of hydrogen-bond donors (Lipinski definition) is 2. The third-order valence-electron chi connectivity index (χ3n) is 3.57. The van der Waals surface area contributed by atoms with Crippen molar-refractivity contribution in [2.45, 2.75) is 12.5 Å². The largest absolute Gasteiger partial charge is 0.488 e. The monoisotopic (exact) mass is 315 g/mol. The zero-order chi connectivity index (χ0) is 15.6. The summed E-state index contributed by atoms with van der Waals surface area (Å²) in [6.07, 6.45) is 1.83. The Morgan fingerprint density at radius 3 is 2.95 bits per heavy atom. The molecule has 5 heteroatoms. The van der Waals surface area contributed by atoms with Crippen LogP contribution in [0.3, 0.4) is 0 Å². The first kappa shape index (κ1) is 14.8. The topological polar surface area (TPSA) is 58.6 Å². The lowest BCUT2D eigenvalue weighted by Crippen LogP contribution is -2.39. The van der Waals surface area contributed by atoms with Gasteiger partial charge in [0.05, 0.1) is 12.1 Å². The minimum atomic E-state index is -1.07. The van der Waals surface area contributed by atoms with Crippen LogP contribution in [0.2, 0.25) is 0 Å². The van der Waals surface area contributed by atoms with Gasteiger partial charge in [-0.3, -0.25) is 4.79 Å². The fraction of sp³-hybridized carbons (Fsp3) is 0.235. The van der Waals surface area contributed by atoms with Crippen LogP contribution in [0.5, 0.6) is 5.75 Å². The maximum atomic E-state index is 12.3. The summed E-state index contributed by atoms with van der Waals surface area (Å²) in [6.45, 7) is 2.09. The molecule has 2 aromatic rings. The van der Waals surface area contributed by atoms with Gasteiger partial charge in [-0.15, -0.1) is 11.3 Å². The molecule has 1 atom stereocenters. The smallest absolute Gasteiger partial charge is 0.250 e. The Balaban J connectivity index is 1.67. The number of fused-ring (bicyclic) bond motifs is 1. The third-order valence-corrected chi connectivity index (χ3v) is 4.69. The molecule has 0 saturated carbocycles. The zero-order valence-electron chi connectivity index (χ0n) is 12.2. The van der Waals surface area contributed by atoms with Gasteiger partial charge in [-0.2, -0.15) is 0 Å². The molecule has 1 unspecified atom stereocenters. The highest BCUT2D eigenvalue weighted by molar-refractivity contribution is 7.10. The van der Waals surface area contributed by atoms with Crippen LogP contribution in [-0.2, 0) is 10.4 Å². The molecule has 22 heavy (non-hydrogen) atoms. The van der Waals surface area contributed by atoms with Gasteiger partial charge in [0.15, 0.2) is 0 Å². The molecular weight excluding hydrogens is 298 g/mol. The van der Waals surface area contributed by atoms with Crippen LogP contribution in [0.25, 0.3) is 6.08 Å². The van der Waals surface area contributed by atoms with Crippen molar-refractivity contribution >= 4 is 23.3 Å². The molecule has 1 amide bonds. The average Bonchev–Trinajstić information content (AvgIpc) is 3.07. The minimum Gasteiger partial charge on any atom is -0.488 e. The van der Waals surface area contributed by atoms with E-state index in [4.69, 9.17) is 4.74 Å². The lowest BCUT2D eigenvalue weighted by atomic mass is 10.0. The summed E-state index contributed by atoms with van der Waals surface area (Å²) >= 11 is 1.47. The van der Waals surface area contributed by atoms with Gasteiger partial charge >= 0.3 is 0 Å². The van der Waals surface area contributed by atoms with E-state index in [2.05, 4.69) is 5.32 Å². The van der Waals surface area contributed by atoms with Crippen LogP contribution in [0.4, 0.5) is 0 Å². The summed E-state index contributed by atoms with van der Waals surface area (Å²) in [5.74, 6) is 0.566. The normalized spacial score (nSPS) is 16.0. The molecule has 0 saturated heterocycles. The van der Waals surface area contributed by atoms with Gasteiger partial charge in [0.1, 0.15) is 18.0 Å². The standard InChI is InChI=1S/C17H17NO3S/c1-17(20,15-7-4-8-22-15)11-18-16(19)13-9-12-5-2-3-6-14(12)21-10-13/h2-9,20H,10-11H2,1H3,(H,18,19). The molecule has 1 aromatic carbocycles. The molecule has 4 nitrogen and oxygen atoms in total. The number of benzene rings is 1. The molecule has 1 aromatic heterocycles. The lowest BCUT2D eigenvalue weighted by Gasteiger charge is -2.23. The van der Waals surface area contributed by atoms with E-state index in [1.165, 1.54) is 11.3 Å². The summed E-state index contributed by atoms with van der Waals surface area (Å²) in [7, 11) is 0. The van der Waals surface area contributed by atoms with E-state index in [0.717, 1.165) is 16.2 Å². The average molecular weight is 315 g/mol. The number of nitrogens with one attached hydrogen (secondary N) is 1. The van der Waals surface area contributed by atoms with Crippen molar-refractivity contribution in [2.75, 3.05) is 13.2 Å². The van der Waals surface area contributed by atoms with E-state index >= 15 is 0 Å². The highest BCUT2D eigenvalue weighted by Crippen LogP contribution is 2.27. The first-order valence-electron chi connectivity index (χ1n) is 7.03. The van der Waals surface area contributed by atoms with Crippen LogP contribution >= 0.6 is 11.3 Å². The summed E-state index contributed by atoms with van der Waals surface area (Å²) in [5, 5.41) is 15.1. The maximum Gasteiger partial charge on any atom is 0.250 e. The molecule has 0 fully saturated rings. The van der Waals surface area contributed by atoms with Crippen LogP contribution in [0, 0.1) is 0 Å². The predicted octanol–water partition coefficient (Wildman–Crippen LogP) is 2.55. The van der Waals surface area contributed by atoms with E-state index in [0.29, 0.717) is 5.57 Å². The quantitative estimate of drug-likeness (QED) is 0.911. The van der Waals surface area contributed by atoms with Crippen LogP contribution in [0.15, 0.2) is 47.4 Å². The summed E-state index contributed by atoms with van der Waals surface area (Å²) in [6, 6.07) is 11.3. The molecule has 0 radical (unpaired) electrons. The van der Waals surface area contributed by atoms with Crippen molar-refractivity contribution in [1.82, 2.24) is 5.32 Å². The Morgan fingerprint density at radius 2 is 2.18 bits per heavy atom. The number of amides is 1. The molecule has 3 rings (SSSR count).